The van der Waals surface area contributed by atoms with E-state index in [0.29, 0.717) is 13.0 Å². The van der Waals surface area contributed by atoms with E-state index in [4.69, 9.17) is 15.6 Å². The molecule has 0 aromatic carbocycles. The molecule has 0 aliphatic carbocycles. The van der Waals surface area contributed by atoms with Crippen LogP contribution in [0.25, 0.3) is 0 Å². The molecular weight excluding hydrogens is 169 g/mol. The van der Waals surface area contributed by atoms with Crippen LogP contribution in [0.4, 0.5) is 0 Å². The van der Waals surface area contributed by atoms with Crippen LogP contribution in [0, 0.1) is 0 Å². The summed E-state index contributed by atoms with van der Waals surface area (Å²) in [6, 6.07) is 0. The lowest BCUT2D eigenvalue weighted by atomic mass is 9.87. The molecule has 0 aromatic heterocycles. The Hall–Kier alpha value is -0.545. The van der Waals surface area contributed by atoms with Gasteiger partial charge in [-0.1, -0.05) is 12.7 Å². The van der Waals surface area contributed by atoms with Gasteiger partial charge >= 0.3 is 5.97 Å². The van der Waals surface area contributed by atoms with Gasteiger partial charge in [0.1, 0.15) is 13.4 Å². The lowest BCUT2D eigenvalue weighted by molar-refractivity contribution is -0.145. The van der Waals surface area contributed by atoms with Crippen LogP contribution in [0.3, 0.4) is 0 Å². The molecule has 0 spiro atoms. The van der Waals surface area contributed by atoms with Gasteiger partial charge in [-0.15, -0.1) is 0 Å². The van der Waals surface area contributed by atoms with Gasteiger partial charge in [0, 0.05) is 13.0 Å². The van der Waals surface area contributed by atoms with Gasteiger partial charge in [0.15, 0.2) is 0 Å². The number of hydrogen-bond acceptors (Lipinski definition) is 3. The van der Waals surface area contributed by atoms with Gasteiger partial charge in [0.2, 0.25) is 0 Å². The normalized spacial score (nSPS) is 33.5. The fourth-order valence-corrected chi connectivity index (χ4v) is 1.65. The van der Waals surface area contributed by atoms with Gasteiger partial charge in [0.25, 0.3) is 0 Å². The van der Waals surface area contributed by atoms with E-state index in [1.807, 2.05) is 0 Å². The average Bonchev–Trinajstić information content (AvgIpc) is 2.45. The zero-order chi connectivity index (χ0) is 9.90. The number of ether oxygens (including phenoxy) is 1. The summed E-state index contributed by atoms with van der Waals surface area (Å²) in [6.07, 6.45) is 2.88. The fourth-order valence-electron chi connectivity index (χ4n) is 1.65. The topological polar surface area (TPSA) is 72.5 Å². The molecule has 4 nitrogen and oxygen atoms in total. The van der Waals surface area contributed by atoms with Gasteiger partial charge in [-0.2, -0.15) is 0 Å². The summed E-state index contributed by atoms with van der Waals surface area (Å²) in [5.41, 5.74) is 4.62. The molecule has 0 saturated carbocycles. The van der Waals surface area contributed by atoms with Crippen LogP contribution >= 0.6 is 0 Å². The molecule has 0 bridgehead atoms. The van der Waals surface area contributed by atoms with E-state index in [2.05, 4.69) is 7.85 Å². The van der Waals surface area contributed by atoms with Crippen molar-refractivity contribution in [2.24, 2.45) is 5.73 Å². The molecule has 2 atom stereocenters. The molecular formula is C8H16BNO3. The Bertz CT molecular complexity index is 200. The first-order chi connectivity index (χ1) is 6.11. The van der Waals surface area contributed by atoms with E-state index in [0.717, 1.165) is 19.2 Å². The molecule has 1 aliphatic rings. The summed E-state index contributed by atoms with van der Waals surface area (Å²) in [7, 11) is 2.06. The molecule has 13 heavy (non-hydrogen) atoms. The highest BCUT2D eigenvalue weighted by Gasteiger charge is 2.46. The van der Waals surface area contributed by atoms with Crippen molar-refractivity contribution >= 4 is 13.8 Å². The summed E-state index contributed by atoms with van der Waals surface area (Å²) in [5, 5.41) is 8.94. The highest BCUT2D eigenvalue weighted by molar-refractivity contribution is 6.08. The summed E-state index contributed by atoms with van der Waals surface area (Å²) in [5.74, 6) is -0.939. The number of hydrogen-bond donors (Lipinski definition) is 2. The van der Waals surface area contributed by atoms with Gasteiger partial charge in [-0.3, -0.25) is 4.79 Å². The maximum absolute atomic E-state index is 10.9. The maximum Gasteiger partial charge on any atom is 0.326 e. The number of rotatable bonds is 4. The van der Waals surface area contributed by atoms with E-state index in [1.54, 1.807) is 0 Å². The second-order valence-corrected chi connectivity index (χ2v) is 3.60. The van der Waals surface area contributed by atoms with Crippen LogP contribution in [-0.2, 0) is 9.53 Å². The molecule has 3 N–H and O–H groups in total. The van der Waals surface area contributed by atoms with Gasteiger partial charge in [0.05, 0.1) is 6.10 Å². The van der Waals surface area contributed by atoms with Crippen molar-refractivity contribution in [2.45, 2.75) is 37.2 Å². The van der Waals surface area contributed by atoms with Crippen molar-refractivity contribution in [1.82, 2.24) is 0 Å². The van der Waals surface area contributed by atoms with Crippen LogP contribution < -0.4 is 5.73 Å². The Kier molecular flexibility index (Phi) is 3.33. The van der Waals surface area contributed by atoms with E-state index in [-0.39, 0.29) is 6.10 Å². The molecule has 1 fully saturated rings. The zero-order valence-corrected chi connectivity index (χ0v) is 7.95. The fraction of sp³-hybridized carbons (Fsp3) is 0.875. The van der Waals surface area contributed by atoms with E-state index in [9.17, 15) is 4.79 Å². The standard InChI is InChI=1S/C8H16BNO3/c9-4-1-2-6-8(10,7(11)12)3-5-13-6/h6H,1-5,9-10H2,(H,11,12)/t6-,8+/m1/s1. The third-order valence-corrected chi connectivity index (χ3v) is 2.63. The van der Waals surface area contributed by atoms with Gasteiger partial charge in [-0.25, -0.2) is 0 Å². The lowest BCUT2D eigenvalue weighted by Gasteiger charge is -2.24. The highest BCUT2D eigenvalue weighted by atomic mass is 16.5. The molecule has 0 radical (unpaired) electrons. The first-order valence-corrected chi connectivity index (χ1v) is 4.75. The van der Waals surface area contributed by atoms with Crippen molar-refractivity contribution in [3.63, 3.8) is 0 Å². The maximum atomic E-state index is 10.9. The van der Waals surface area contributed by atoms with Crippen molar-refractivity contribution in [3.05, 3.63) is 0 Å². The molecule has 0 unspecified atom stereocenters. The van der Waals surface area contributed by atoms with Crippen molar-refractivity contribution in [1.29, 1.82) is 0 Å². The summed E-state index contributed by atoms with van der Waals surface area (Å²) >= 11 is 0. The largest absolute Gasteiger partial charge is 0.480 e. The smallest absolute Gasteiger partial charge is 0.326 e. The number of carboxylic acid groups (broad SMARTS) is 1. The Morgan fingerprint density at radius 2 is 2.46 bits per heavy atom. The number of carboxylic acids is 1. The minimum absolute atomic E-state index is 0.301. The number of carbonyl (C=O) groups is 1. The van der Waals surface area contributed by atoms with E-state index < -0.39 is 11.5 Å². The molecule has 0 aromatic rings. The summed E-state index contributed by atoms with van der Waals surface area (Å²) < 4.78 is 5.33. The van der Waals surface area contributed by atoms with E-state index >= 15 is 0 Å². The highest BCUT2D eigenvalue weighted by Crippen LogP contribution is 2.27. The summed E-state index contributed by atoms with van der Waals surface area (Å²) in [4.78, 5) is 10.9. The summed E-state index contributed by atoms with van der Waals surface area (Å²) in [6.45, 7) is 0.469. The lowest BCUT2D eigenvalue weighted by Crippen LogP contribution is -2.54. The zero-order valence-electron chi connectivity index (χ0n) is 7.95. The first kappa shape index (κ1) is 10.5. The molecule has 1 aliphatic heterocycles. The third-order valence-electron chi connectivity index (χ3n) is 2.63. The van der Waals surface area contributed by atoms with Crippen molar-refractivity contribution < 1.29 is 14.6 Å². The van der Waals surface area contributed by atoms with E-state index in [1.165, 1.54) is 0 Å². The van der Waals surface area contributed by atoms with Crippen molar-refractivity contribution in [2.75, 3.05) is 6.61 Å². The predicted molar refractivity (Wildman–Crippen MR) is 51.5 cm³/mol. The SMILES string of the molecule is BCCC[C@H]1OCC[C@@]1(N)C(=O)O. The Labute approximate surface area is 78.8 Å². The van der Waals surface area contributed by atoms with Crippen LogP contribution in [0.15, 0.2) is 0 Å². The molecule has 74 valence electrons. The average molecular weight is 185 g/mol. The molecule has 1 rings (SSSR count). The molecule has 1 heterocycles. The molecule has 0 amide bonds. The monoisotopic (exact) mass is 185 g/mol. The predicted octanol–water partition coefficient (Wildman–Crippen LogP) is -0.611. The van der Waals surface area contributed by atoms with Crippen molar-refractivity contribution in [3.8, 4) is 0 Å². The van der Waals surface area contributed by atoms with Gasteiger partial charge in [-0.05, 0) is 6.42 Å². The first-order valence-electron chi connectivity index (χ1n) is 4.75. The minimum Gasteiger partial charge on any atom is -0.480 e. The second-order valence-electron chi connectivity index (χ2n) is 3.60. The third kappa shape index (κ3) is 2.03. The second kappa shape index (κ2) is 4.11. The Balaban J connectivity index is 2.57. The Morgan fingerprint density at radius 3 is 3.00 bits per heavy atom. The Morgan fingerprint density at radius 1 is 1.77 bits per heavy atom. The quantitative estimate of drug-likeness (QED) is 0.573. The van der Waals surface area contributed by atoms with Crippen LogP contribution in [0.5, 0.6) is 0 Å². The van der Waals surface area contributed by atoms with Crippen LogP contribution in [0.1, 0.15) is 19.3 Å². The van der Waals surface area contributed by atoms with Crippen LogP contribution in [0.2, 0.25) is 6.32 Å². The molecule has 1 saturated heterocycles. The minimum atomic E-state index is -1.14. The number of aliphatic carboxylic acids is 1. The van der Waals surface area contributed by atoms with Crippen LogP contribution in [-0.4, -0.2) is 37.2 Å². The number of nitrogens with two attached hydrogens (primary N) is 1. The molecule has 5 heteroatoms. The van der Waals surface area contributed by atoms with Gasteiger partial charge < -0.3 is 15.6 Å².